The summed E-state index contributed by atoms with van der Waals surface area (Å²) in [5, 5.41) is 13.0. The summed E-state index contributed by atoms with van der Waals surface area (Å²) in [5.74, 6) is -0.196. The third kappa shape index (κ3) is 3.83. The summed E-state index contributed by atoms with van der Waals surface area (Å²) in [4.78, 5) is 15.3. The molecule has 5 heteroatoms. The van der Waals surface area contributed by atoms with Gasteiger partial charge in [-0.3, -0.25) is 4.79 Å². The van der Waals surface area contributed by atoms with Crippen molar-refractivity contribution in [3.63, 3.8) is 0 Å². The van der Waals surface area contributed by atoms with Gasteiger partial charge in [-0.2, -0.15) is 0 Å². The number of rotatable bonds is 6. The molecule has 5 nitrogen and oxygen atoms in total. The van der Waals surface area contributed by atoms with Crippen molar-refractivity contribution in [1.29, 1.82) is 0 Å². The molecule has 1 heterocycles. The van der Waals surface area contributed by atoms with E-state index in [0.29, 0.717) is 12.8 Å². The smallest absolute Gasteiger partial charge is 0.237 e. The molecule has 0 aliphatic carbocycles. The van der Waals surface area contributed by atoms with E-state index in [2.05, 4.69) is 10.3 Å². The van der Waals surface area contributed by atoms with Gasteiger partial charge in [0.25, 0.3) is 0 Å². The maximum absolute atomic E-state index is 12.2. The standard InChI is InChI=1S/C16H23N3O2/c1-16(2,7-8-20)19-15(21)13(17)9-11-10-18-14-6-4-3-5-12(11)14/h3-6,10,13,18,20H,7-9,17H2,1-2H3,(H,19,21)/t13-/m0/s1. The molecule has 0 aliphatic heterocycles. The molecule has 2 aromatic rings. The molecule has 1 aromatic heterocycles. The van der Waals surface area contributed by atoms with Gasteiger partial charge in [0.2, 0.25) is 5.91 Å². The first-order valence-electron chi connectivity index (χ1n) is 7.16. The van der Waals surface area contributed by atoms with E-state index in [0.717, 1.165) is 16.5 Å². The van der Waals surface area contributed by atoms with Crippen LogP contribution in [0.15, 0.2) is 30.5 Å². The molecule has 1 aromatic carbocycles. The Balaban J connectivity index is 2.04. The van der Waals surface area contributed by atoms with Crippen molar-refractivity contribution >= 4 is 16.8 Å². The van der Waals surface area contributed by atoms with Crippen molar-refractivity contribution in [3.05, 3.63) is 36.0 Å². The highest BCUT2D eigenvalue weighted by Crippen LogP contribution is 2.19. The number of nitrogens with one attached hydrogen (secondary N) is 2. The van der Waals surface area contributed by atoms with Crippen molar-refractivity contribution in [3.8, 4) is 0 Å². The highest BCUT2D eigenvalue weighted by Gasteiger charge is 2.24. The Bertz CT molecular complexity index is 619. The topological polar surface area (TPSA) is 91.1 Å². The number of aromatic nitrogens is 1. The van der Waals surface area contributed by atoms with Gasteiger partial charge in [-0.25, -0.2) is 0 Å². The lowest BCUT2D eigenvalue weighted by molar-refractivity contribution is -0.124. The molecule has 0 bridgehead atoms. The van der Waals surface area contributed by atoms with Crippen LogP contribution >= 0.6 is 0 Å². The van der Waals surface area contributed by atoms with E-state index in [-0.39, 0.29) is 12.5 Å². The minimum Gasteiger partial charge on any atom is -0.396 e. The highest BCUT2D eigenvalue weighted by atomic mass is 16.3. The lowest BCUT2D eigenvalue weighted by Gasteiger charge is -2.27. The molecule has 0 saturated heterocycles. The van der Waals surface area contributed by atoms with Crippen molar-refractivity contribution in [2.75, 3.05) is 6.61 Å². The summed E-state index contributed by atoms with van der Waals surface area (Å²) >= 11 is 0. The van der Waals surface area contributed by atoms with E-state index in [4.69, 9.17) is 10.8 Å². The largest absolute Gasteiger partial charge is 0.396 e. The second-order valence-electron chi connectivity index (χ2n) is 6.02. The van der Waals surface area contributed by atoms with Crippen LogP contribution in [0.25, 0.3) is 10.9 Å². The van der Waals surface area contributed by atoms with Crippen LogP contribution in [-0.2, 0) is 11.2 Å². The Kier molecular flexibility index (Phi) is 4.65. The average Bonchev–Trinajstić information content (AvgIpc) is 2.81. The zero-order chi connectivity index (χ0) is 15.5. The fourth-order valence-corrected chi connectivity index (χ4v) is 2.40. The molecule has 1 amide bonds. The number of benzene rings is 1. The third-order valence-corrected chi connectivity index (χ3v) is 3.65. The number of para-hydroxylation sites is 1. The first-order valence-corrected chi connectivity index (χ1v) is 7.16. The molecule has 2 rings (SSSR count). The SMILES string of the molecule is CC(C)(CCO)NC(=O)[C@@H](N)Cc1c[nH]c2ccccc12. The Labute approximate surface area is 124 Å². The predicted molar refractivity (Wildman–Crippen MR) is 83.9 cm³/mol. The highest BCUT2D eigenvalue weighted by molar-refractivity contribution is 5.86. The van der Waals surface area contributed by atoms with Gasteiger partial charge in [0, 0.05) is 29.2 Å². The molecule has 0 unspecified atom stereocenters. The fourth-order valence-electron chi connectivity index (χ4n) is 2.40. The number of hydrogen-bond acceptors (Lipinski definition) is 3. The second kappa shape index (κ2) is 6.28. The van der Waals surface area contributed by atoms with Gasteiger partial charge in [0.15, 0.2) is 0 Å². The summed E-state index contributed by atoms with van der Waals surface area (Å²) in [6, 6.07) is 7.33. The monoisotopic (exact) mass is 289 g/mol. The molecule has 0 fully saturated rings. The predicted octanol–water partition coefficient (Wildman–Crippen LogP) is 1.31. The molecule has 0 saturated carbocycles. The van der Waals surface area contributed by atoms with Crippen molar-refractivity contribution in [2.24, 2.45) is 5.73 Å². The Morgan fingerprint density at radius 1 is 1.43 bits per heavy atom. The van der Waals surface area contributed by atoms with E-state index in [1.807, 2.05) is 44.3 Å². The van der Waals surface area contributed by atoms with Crippen LogP contribution in [0.5, 0.6) is 0 Å². The van der Waals surface area contributed by atoms with Crippen molar-refractivity contribution in [1.82, 2.24) is 10.3 Å². The maximum Gasteiger partial charge on any atom is 0.237 e. The van der Waals surface area contributed by atoms with Crippen molar-refractivity contribution < 1.29 is 9.90 Å². The van der Waals surface area contributed by atoms with Gasteiger partial charge >= 0.3 is 0 Å². The number of aliphatic hydroxyl groups is 1. The Morgan fingerprint density at radius 3 is 2.86 bits per heavy atom. The zero-order valence-electron chi connectivity index (χ0n) is 12.5. The number of H-pyrrole nitrogens is 1. The number of aromatic amines is 1. The number of fused-ring (bicyclic) bond motifs is 1. The molecular formula is C16H23N3O2. The van der Waals surface area contributed by atoms with Crippen LogP contribution in [0.2, 0.25) is 0 Å². The fraction of sp³-hybridized carbons (Fsp3) is 0.438. The summed E-state index contributed by atoms with van der Waals surface area (Å²) in [7, 11) is 0. The molecule has 0 aliphatic rings. The van der Waals surface area contributed by atoms with Gasteiger partial charge in [0.1, 0.15) is 0 Å². The van der Waals surface area contributed by atoms with Gasteiger partial charge in [-0.1, -0.05) is 18.2 Å². The van der Waals surface area contributed by atoms with E-state index >= 15 is 0 Å². The average molecular weight is 289 g/mol. The quantitative estimate of drug-likeness (QED) is 0.646. The van der Waals surface area contributed by atoms with Gasteiger partial charge in [0.05, 0.1) is 6.04 Å². The Hall–Kier alpha value is -1.85. The molecular weight excluding hydrogens is 266 g/mol. The molecule has 0 spiro atoms. The lowest BCUT2D eigenvalue weighted by atomic mass is 9.99. The number of hydrogen-bond donors (Lipinski definition) is 4. The van der Waals surface area contributed by atoms with E-state index < -0.39 is 11.6 Å². The molecule has 21 heavy (non-hydrogen) atoms. The first-order chi connectivity index (χ1) is 9.93. The molecule has 1 atom stereocenters. The summed E-state index contributed by atoms with van der Waals surface area (Å²) in [6.45, 7) is 3.78. The van der Waals surface area contributed by atoms with Crippen LogP contribution in [-0.4, -0.2) is 34.2 Å². The van der Waals surface area contributed by atoms with Gasteiger partial charge in [-0.15, -0.1) is 0 Å². The van der Waals surface area contributed by atoms with Gasteiger partial charge < -0.3 is 21.1 Å². The molecule has 114 valence electrons. The number of carbonyl (C=O) groups is 1. The van der Waals surface area contributed by atoms with Crippen LogP contribution in [0.4, 0.5) is 0 Å². The maximum atomic E-state index is 12.2. The van der Waals surface area contributed by atoms with Crippen molar-refractivity contribution in [2.45, 2.75) is 38.3 Å². The molecule has 0 radical (unpaired) electrons. The Morgan fingerprint density at radius 2 is 2.14 bits per heavy atom. The number of carbonyl (C=O) groups excluding carboxylic acids is 1. The number of amides is 1. The number of nitrogens with two attached hydrogens (primary N) is 1. The van der Waals surface area contributed by atoms with E-state index in [9.17, 15) is 4.79 Å². The summed E-state index contributed by atoms with van der Waals surface area (Å²) < 4.78 is 0. The van der Waals surface area contributed by atoms with Crippen LogP contribution in [0.1, 0.15) is 25.8 Å². The van der Waals surface area contributed by atoms with Gasteiger partial charge in [-0.05, 0) is 38.3 Å². The minimum absolute atomic E-state index is 0.0327. The number of aliphatic hydroxyl groups excluding tert-OH is 1. The molecule has 5 N–H and O–H groups in total. The summed E-state index contributed by atoms with van der Waals surface area (Å²) in [6.07, 6.45) is 2.88. The minimum atomic E-state index is -0.609. The normalized spacial score (nSPS) is 13.3. The van der Waals surface area contributed by atoms with E-state index in [1.165, 1.54) is 0 Å². The van der Waals surface area contributed by atoms with E-state index in [1.54, 1.807) is 0 Å². The van der Waals surface area contributed by atoms with Crippen LogP contribution in [0, 0.1) is 0 Å². The zero-order valence-corrected chi connectivity index (χ0v) is 12.5. The van der Waals surface area contributed by atoms with Crippen LogP contribution < -0.4 is 11.1 Å². The first kappa shape index (κ1) is 15.5. The van der Waals surface area contributed by atoms with Crippen LogP contribution in [0.3, 0.4) is 0 Å². The second-order valence-corrected chi connectivity index (χ2v) is 6.02. The summed E-state index contributed by atoms with van der Waals surface area (Å²) in [5.41, 5.74) is 7.64. The lowest BCUT2D eigenvalue weighted by Crippen LogP contribution is -2.51. The third-order valence-electron chi connectivity index (χ3n) is 3.65.